The predicted molar refractivity (Wildman–Crippen MR) is 362 cm³/mol. The van der Waals surface area contributed by atoms with Crippen molar-refractivity contribution in [1.29, 1.82) is 0 Å². The molecule has 3 aromatic heterocycles. The van der Waals surface area contributed by atoms with Gasteiger partial charge in [-0.2, -0.15) is 0 Å². The highest BCUT2D eigenvalue weighted by atomic mass is 32.1. The summed E-state index contributed by atoms with van der Waals surface area (Å²) in [5.74, 6) is 0. The van der Waals surface area contributed by atoms with Crippen LogP contribution in [-0.2, 0) is 0 Å². The third kappa shape index (κ3) is 7.18. The second kappa shape index (κ2) is 18.6. The lowest BCUT2D eigenvalue weighted by Crippen LogP contribution is -2.61. The van der Waals surface area contributed by atoms with E-state index in [1.807, 2.05) is 22.7 Å². The van der Waals surface area contributed by atoms with Crippen molar-refractivity contribution < 1.29 is 0 Å². The molecule has 18 rings (SSSR count). The Hall–Kier alpha value is -10.2. The normalized spacial score (nSPS) is 12.7. The van der Waals surface area contributed by atoms with E-state index in [0.717, 1.165) is 39.5 Å². The summed E-state index contributed by atoms with van der Waals surface area (Å²) < 4.78 is 7.75. The van der Waals surface area contributed by atoms with Gasteiger partial charge in [-0.1, -0.05) is 218 Å². The summed E-state index contributed by atoms with van der Waals surface area (Å²) in [6, 6.07) is 109. The first kappa shape index (κ1) is 47.4. The van der Waals surface area contributed by atoms with Crippen LogP contribution in [0.1, 0.15) is 0 Å². The Labute approximate surface area is 494 Å². The van der Waals surface area contributed by atoms with Crippen LogP contribution >= 0.6 is 22.7 Å². The topological polar surface area (TPSA) is 11.4 Å². The Morgan fingerprint density at radius 3 is 1.10 bits per heavy atom. The van der Waals surface area contributed by atoms with E-state index in [4.69, 9.17) is 0 Å². The SMILES string of the molecule is c1ccc(-c2ccc3c4ccc(-c5ccccc5)cc4n(-c4cc5c6c(c4)N(c4ccccc4-c4ccccc4)c4cc7c(cc4B6c4cc6sc8ccccc8c6cc4N5c4ccccc4-c4ccccc4)sc4ccccc47)c3c2)cc1. The Balaban J connectivity index is 1.03. The number of hydrogen-bond donors (Lipinski definition) is 0. The molecule has 0 amide bonds. The maximum absolute atomic E-state index is 2.64. The molecule has 2 aliphatic rings. The van der Waals surface area contributed by atoms with Crippen molar-refractivity contribution in [3.05, 3.63) is 291 Å². The molecule has 84 heavy (non-hydrogen) atoms. The quantitative estimate of drug-likeness (QED) is 0.147. The average Bonchev–Trinajstić information content (AvgIpc) is 1.19. The molecule has 0 unspecified atom stereocenters. The van der Waals surface area contributed by atoms with Gasteiger partial charge >= 0.3 is 0 Å². The highest BCUT2D eigenvalue weighted by molar-refractivity contribution is 7.26. The summed E-state index contributed by atoms with van der Waals surface area (Å²) >= 11 is 3.81. The molecule has 6 heteroatoms. The second-order valence-corrected chi connectivity index (χ2v) is 24.5. The van der Waals surface area contributed by atoms with E-state index in [9.17, 15) is 0 Å². The third-order valence-electron chi connectivity index (χ3n) is 17.7. The summed E-state index contributed by atoms with van der Waals surface area (Å²) in [7, 11) is 0. The van der Waals surface area contributed by atoms with Crippen LogP contribution in [0, 0.1) is 0 Å². The first-order chi connectivity index (χ1) is 41.7. The average molecular weight is 1100 g/mol. The van der Waals surface area contributed by atoms with Gasteiger partial charge in [-0.3, -0.25) is 0 Å². The highest BCUT2D eigenvalue weighted by Gasteiger charge is 2.45. The van der Waals surface area contributed by atoms with Crippen LogP contribution in [0.3, 0.4) is 0 Å². The zero-order valence-corrected chi connectivity index (χ0v) is 47.1. The number of benzene rings is 13. The van der Waals surface area contributed by atoms with Gasteiger partial charge in [0.1, 0.15) is 0 Å². The van der Waals surface area contributed by atoms with Gasteiger partial charge in [0.2, 0.25) is 0 Å². The van der Waals surface area contributed by atoms with Crippen molar-refractivity contribution in [3.8, 4) is 50.2 Å². The van der Waals surface area contributed by atoms with Crippen molar-refractivity contribution in [2.45, 2.75) is 0 Å². The molecule has 0 N–H and O–H groups in total. The standard InChI is InChI=1S/C78H48BN3S2/c1-5-21-49(22-6-1)53-37-39-58-59-40-38-54(50-23-7-2-8-24-50)42-69(59)80(68(58)41-53)55-43-72-78-73(44-55)82(67-34-18-14-30-57(67)52-27-11-4-12-28-52)71-46-63-61-32-16-20-36-75(61)84-77(63)48-65(71)79(78)64-47-76-62(60-31-15-19-35-74(60)83-76)45-70(64)81(72)66-33-17-13-29-56(66)51-25-9-3-10-26-51/h1-48H. The number of thiophene rings is 2. The highest BCUT2D eigenvalue weighted by Crippen LogP contribution is 2.52. The van der Waals surface area contributed by atoms with E-state index >= 15 is 0 Å². The molecule has 0 atom stereocenters. The molecule has 0 fully saturated rings. The number of nitrogens with zero attached hydrogens (tertiary/aromatic N) is 3. The number of anilines is 6. The molecule has 390 valence electrons. The van der Waals surface area contributed by atoms with E-state index < -0.39 is 0 Å². The van der Waals surface area contributed by atoms with Gasteiger partial charge in [0, 0.05) is 85.0 Å². The fraction of sp³-hybridized carbons (Fsp3) is 0. The fourth-order valence-corrected chi connectivity index (χ4v) is 16.3. The van der Waals surface area contributed by atoms with Gasteiger partial charge in [0.05, 0.1) is 28.1 Å². The van der Waals surface area contributed by atoms with Gasteiger partial charge in [0.15, 0.2) is 0 Å². The molecule has 0 spiro atoms. The molecule has 13 aromatic carbocycles. The summed E-state index contributed by atoms with van der Waals surface area (Å²) in [6.45, 7) is -0.133. The molecule has 2 aliphatic heterocycles. The Morgan fingerprint density at radius 1 is 0.250 bits per heavy atom. The summed E-state index contributed by atoms with van der Waals surface area (Å²) in [5, 5.41) is 7.53. The Kier molecular flexibility index (Phi) is 10.5. The summed E-state index contributed by atoms with van der Waals surface area (Å²) in [4.78, 5) is 5.29. The van der Waals surface area contributed by atoms with Gasteiger partial charge < -0.3 is 14.4 Å². The monoisotopic (exact) mass is 1100 g/mol. The molecule has 16 aromatic rings. The van der Waals surface area contributed by atoms with E-state index in [2.05, 4.69) is 306 Å². The Bertz CT molecular complexity index is 5010. The van der Waals surface area contributed by atoms with Crippen LogP contribution in [0.4, 0.5) is 34.1 Å². The predicted octanol–water partition coefficient (Wildman–Crippen LogP) is 20.3. The molecule has 0 bridgehead atoms. The fourth-order valence-electron chi connectivity index (χ4n) is 14.0. The van der Waals surface area contributed by atoms with E-state index in [-0.39, 0.29) is 6.71 Å². The number of fused-ring (bicyclic) bond motifs is 13. The van der Waals surface area contributed by atoms with Crippen molar-refractivity contribution in [3.63, 3.8) is 0 Å². The van der Waals surface area contributed by atoms with Gasteiger partial charge in [-0.25, -0.2) is 0 Å². The number of rotatable bonds is 7. The molecule has 5 heterocycles. The van der Waals surface area contributed by atoms with E-state index in [0.29, 0.717) is 0 Å². The van der Waals surface area contributed by atoms with Crippen LogP contribution in [-0.4, -0.2) is 11.3 Å². The summed E-state index contributed by atoms with van der Waals surface area (Å²) in [6.07, 6.45) is 0. The first-order valence-electron chi connectivity index (χ1n) is 28.8. The molecule has 0 radical (unpaired) electrons. The smallest absolute Gasteiger partial charge is 0.252 e. The first-order valence-corrected chi connectivity index (χ1v) is 30.5. The lowest BCUT2D eigenvalue weighted by atomic mass is 9.33. The van der Waals surface area contributed by atoms with Crippen LogP contribution in [0.15, 0.2) is 291 Å². The maximum atomic E-state index is 2.64. The van der Waals surface area contributed by atoms with Gasteiger partial charge in [0.25, 0.3) is 6.71 Å². The minimum Gasteiger partial charge on any atom is -0.311 e. The molecular formula is C78H48BN3S2. The van der Waals surface area contributed by atoms with Crippen molar-refractivity contribution in [1.82, 2.24) is 4.57 Å². The number of hydrogen-bond acceptors (Lipinski definition) is 4. The van der Waals surface area contributed by atoms with E-state index in [1.165, 1.54) is 123 Å². The molecule has 0 saturated carbocycles. The Morgan fingerprint density at radius 2 is 0.643 bits per heavy atom. The van der Waals surface area contributed by atoms with Crippen LogP contribution < -0.4 is 26.2 Å². The third-order valence-corrected chi connectivity index (χ3v) is 20.0. The number of para-hydroxylation sites is 2. The molecule has 3 nitrogen and oxygen atoms in total. The van der Waals surface area contributed by atoms with Gasteiger partial charge in [-0.15, -0.1) is 22.7 Å². The summed E-state index contributed by atoms with van der Waals surface area (Å²) in [5.41, 5.74) is 23.6. The van der Waals surface area contributed by atoms with Crippen LogP contribution in [0.25, 0.3) is 112 Å². The maximum Gasteiger partial charge on any atom is 0.252 e. The molecule has 0 aliphatic carbocycles. The van der Waals surface area contributed by atoms with Crippen LogP contribution in [0.2, 0.25) is 0 Å². The van der Waals surface area contributed by atoms with Crippen LogP contribution in [0.5, 0.6) is 0 Å². The van der Waals surface area contributed by atoms with E-state index in [1.54, 1.807) is 0 Å². The largest absolute Gasteiger partial charge is 0.311 e. The minimum absolute atomic E-state index is 0.133. The zero-order valence-electron chi connectivity index (χ0n) is 45.4. The van der Waals surface area contributed by atoms with Crippen molar-refractivity contribution in [2.24, 2.45) is 0 Å². The molecular weight excluding hydrogens is 1050 g/mol. The zero-order chi connectivity index (χ0) is 55.0. The lowest BCUT2D eigenvalue weighted by Gasteiger charge is -2.45. The minimum atomic E-state index is -0.133. The van der Waals surface area contributed by atoms with Crippen molar-refractivity contribution in [2.75, 3.05) is 9.80 Å². The lowest BCUT2D eigenvalue weighted by molar-refractivity contribution is 1.16. The second-order valence-electron chi connectivity index (χ2n) is 22.3. The van der Waals surface area contributed by atoms with Gasteiger partial charge in [-0.05, 0) is 123 Å². The number of aromatic nitrogens is 1. The molecule has 0 saturated heterocycles. The van der Waals surface area contributed by atoms with Crippen molar-refractivity contribution >= 4 is 142 Å².